The van der Waals surface area contributed by atoms with Crippen molar-refractivity contribution in [1.29, 1.82) is 0 Å². The molecule has 1 atom stereocenters. The van der Waals surface area contributed by atoms with Crippen LogP contribution < -0.4 is 10.3 Å². The monoisotopic (exact) mass is 521 g/mol. The van der Waals surface area contributed by atoms with Gasteiger partial charge in [-0.05, 0) is 67.8 Å². The summed E-state index contributed by atoms with van der Waals surface area (Å²) in [4.78, 5) is 18.5. The summed E-state index contributed by atoms with van der Waals surface area (Å²) in [5.74, 6) is 0.298. The molecule has 0 saturated heterocycles. The fourth-order valence-electron chi connectivity index (χ4n) is 4.44. The maximum atomic E-state index is 13.7. The van der Waals surface area contributed by atoms with Crippen LogP contribution in [0.3, 0.4) is 0 Å². The Morgan fingerprint density at radius 1 is 0.946 bits per heavy atom. The summed E-state index contributed by atoms with van der Waals surface area (Å²) >= 11 is 0. The van der Waals surface area contributed by atoms with Crippen LogP contribution in [0.4, 0.5) is 0 Å². The number of benzene rings is 3. The van der Waals surface area contributed by atoms with E-state index in [0.717, 1.165) is 22.3 Å². The van der Waals surface area contributed by atoms with Crippen LogP contribution in [-0.4, -0.2) is 32.2 Å². The third kappa shape index (κ3) is 5.50. The lowest BCUT2D eigenvalue weighted by Gasteiger charge is -2.21. The Labute approximate surface area is 216 Å². The van der Waals surface area contributed by atoms with Crippen LogP contribution >= 0.6 is 0 Å². The van der Waals surface area contributed by atoms with Gasteiger partial charge in [0.2, 0.25) is 10.0 Å². The van der Waals surface area contributed by atoms with Crippen LogP contribution in [0.25, 0.3) is 16.6 Å². The third-order valence-corrected chi connectivity index (χ3v) is 7.74. The van der Waals surface area contributed by atoms with E-state index in [2.05, 4.69) is 4.72 Å². The molecular weight excluding hydrogens is 490 g/mol. The molecule has 37 heavy (non-hydrogen) atoms. The van der Waals surface area contributed by atoms with Gasteiger partial charge in [-0.1, -0.05) is 35.9 Å². The van der Waals surface area contributed by atoms with Crippen molar-refractivity contribution in [2.75, 3.05) is 14.2 Å². The number of hydrogen-bond donors (Lipinski definition) is 1. The first-order chi connectivity index (χ1) is 17.7. The summed E-state index contributed by atoms with van der Waals surface area (Å²) in [6, 6.07) is 16.8. The number of fused-ring (bicyclic) bond motifs is 1. The van der Waals surface area contributed by atoms with Crippen molar-refractivity contribution in [2.45, 2.75) is 44.9 Å². The van der Waals surface area contributed by atoms with Gasteiger partial charge in [0.25, 0.3) is 5.56 Å². The smallest absolute Gasteiger partial charge is 0.266 e. The molecule has 1 N–H and O–H groups in total. The molecule has 0 aliphatic rings. The zero-order valence-electron chi connectivity index (χ0n) is 21.6. The standard InChI is InChI=1S/C28H31N3O5S/c1-18-10-13-26(19(2)14-18)31-27(29-25-9-7-6-8-24(25)28(31)32)20(3)30-37(33,34)23-12-11-21(16-35-4)22(15-23)17-36-5/h6-15,20,30H,16-17H2,1-5H3. The maximum Gasteiger partial charge on any atom is 0.266 e. The largest absolute Gasteiger partial charge is 0.380 e. The van der Waals surface area contributed by atoms with E-state index >= 15 is 0 Å². The highest BCUT2D eigenvalue weighted by Crippen LogP contribution is 2.24. The minimum atomic E-state index is -3.96. The van der Waals surface area contributed by atoms with Crippen LogP contribution in [0.1, 0.15) is 41.0 Å². The predicted octanol–water partition coefficient (Wildman–Crippen LogP) is 4.33. The first-order valence-corrected chi connectivity index (χ1v) is 13.4. The van der Waals surface area contributed by atoms with E-state index in [9.17, 15) is 13.2 Å². The van der Waals surface area contributed by atoms with Gasteiger partial charge in [-0.15, -0.1) is 0 Å². The number of sulfonamides is 1. The molecule has 1 heterocycles. The van der Waals surface area contributed by atoms with Crippen LogP contribution in [0.5, 0.6) is 0 Å². The second kappa shape index (κ2) is 10.9. The average Bonchev–Trinajstić information content (AvgIpc) is 2.85. The lowest BCUT2D eigenvalue weighted by molar-refractivity contribution is 0.168. The van der Waals surface area contributed by atoms with Crippen molar-refractivity contribution < 1.29 is 17.9 Å². The number of hydrogen-bond acceptors (Lipinski definition) is 6. The van der Waals surface area contributed by atoms with E-state index in [4.69, 9.17) is 14.5 Å². The number of nitrogens with zero attached hydrogens (tertiary/aromatic N) is 2. The van der Waals surface area contributed by atoms with Crippen molar-refractivity contribution >= 4 is 20.9 Å². The Morgan fingerprint density at radius 3 is 2.35 bits per heavy atom. The molecule has 4 aromatic rings. The molecule has 4 rings (SSSR count). The Hall–Kier alpha value is -3.37. The lowest BCUT2D eigenvalue weighted by atomic mass is 10.1. The quantitative estimate of drug-likeness (QED) is 0.352. The molecule has 0 radical (unpaired) electrons. The van der Waals surface area contributed by atoms with Crippen molar-refractivity contribution in [3.8, 4) is 5.69 Å². The van der Waals surface area contributed by atoms with Crippen LogP contribution in [0.2, 0.25) is 0 Å². The summed E-state index contributed by atoms with van der Waals surface area (Å²) in [7, 11) is -0.833. The van der Waals surface area contributed by atoms with Gasteiger partial charge in [-0.25, -0.2) is 18.1 Å². The molecule has 0 aliphatic heterocycles. The summed E-state index contributed by atoms with van der Waals surface area (Å²) in [6.07, 6.45) is 0. The molecule has 0 amide bonds. The number of rotatable bonds is 9. The van der Waals surface area contributed by atoms with E-state index in [1.54, 1.807) is 57.5 Å². The first kappa shape index (κ1) is 26.7. The summed E-state index contributed by atoms with van der Waals surface area (Å²) < 4.78 is 41.6. The van der Waals surface area contributed by atoms with Crippen molar-refractivity contribution in [2.24, 2.45) is 0 Å². The normalized spacial score (nSPS) is 12.7. The summed E-state index contributed by atoms with van der Waals surface area (Å²) in [5, 5.41) is 0.458. The van der Waals surface area contributed by atoms with Gasteiger partial charge in [-0.3, -0.25) is 9.36 Å². The first-order valence-electron chi connectivity index (χ1n) is 11.9. The van der Waals surface area contributed by atoms with Gasteiger partial charge in [0.1, 0.15) is 5.82 Å². The molecule has 0 bridgehead atoms. The molecule has 194 valence electrons. The average molecular weight is 522 g/mol. The number of aryl methyl sites for hydroxylation is 2. The zero-order valence-corrected chi connectivity index (χ0v) is 22.4. The van der Waals surface area contributed by atoms with Gasteiger partial charge >= 0.3 is 0 Å². The SMILES string of the molecule is COCc1ccc(S(=O)(=O)NC(C)c2nc3ccccc3c(=O)n2-c2ccc(C)cc2C)cc1COC. The minimum Gasteiger partial charge on any atom is -0.380 e. The molecule has 0 saturated carbocycles. The highest BCUT2D eigenvalue weighted by atomic mass is 32.2. The minimum absolute atomic E-state index is 0.0902. The molecule has 3 aromatic carbocycles. The van der Waals surface area contributed by atoms with Crippen molar-refractivity contribution in [3.05, 3.63) is 99.1 Å². The fourth-order valence-corrected chi connectivity index (χ4v) is 5.69. The molecule has 1 aromatic heterocycles. The number of ether oxygens (including phenoxy) is 2. The number of methoxy groups -OCH3 is 2. The molecule has 0 fully saturated rings. The number of nitrogens with one attached hydrogen (secondary N) is 1. The Bertz CT molecular complexity index is 1610. The van der Waals surface area contributed by atoms with Gasteiger partial charge in [0.05, 0.1) is 40.7 Å². The van der Waals surface area contributed by atoms with Gasteiger partial charge in [0.15, 0.2) is 0 Å². The lowest BCUT2D eigenvalue weighted by Crippen LogP contribution is -2.33. The van der Waals surface area contributed by atoms with E-state index < -0.39 is 16.1 Å². The molecule has 0 aliphatic carbocycles. The van der Waals surface area contributed by atoms with Crippen LogP contribution in [0, 0.1) is 13.8 Å². The molecule has 0 spiro atoms. The second-order valence-corrected chi connectivity index (χ2v) is 10.8. The van der Waals surface area contributed by atoms with E-state index in [1.165, 1.54) is 10.6 Å². The Morgan fingerprint density at radius 2 is 1.65 bits per heavy atom. The molecule has 9 heteroatoms. The Kier molecular flexibility index (Phi) is 7.89. The maximum absolute atomic E-state index is 13.7. The highest BCUT2D eigenvalue weighted by Gasteiger charge is 2.25. The van der Waals surface area contributed by atoms with Crippen molar-refractivity contribution in [3.63, 3.8) is 0 Å². The topological polar surface area (TPSA) is 99.5 Å². The second-order valence-electron chi connectivity index (χ2n) is 9.06. The van der Waals surface area contributed by atoms with Crippen molar-refractivity contribution in [1.82, 2.24) is 14.3 Å². The molecule has 1 unspecified atom stereocenters. The van der Waals surface area contributed by atoms with E-state index in [0.29, 0.717) is 29.0 Å². The Balaban J connectivity index is 1.82. The zero-order chi connectivity index (χ0) is 26.7. The van der Waals surface area contributed by atoms with Gasteiger partial charge in [0, 0.05) is 14.2 Å². The third-order valence-electron chi connectivity index (χ3n) is 6.20. The summed E-state index contributed by atoms with van der Waals surface area (Å²) in [6.45, 7) is 6.17. The van der Waals surface area contributed by atoms with E-state index in [-0.39, 0.29) is 17.1 Å². The molecular formula is C28H31N3O5S. The number of para-hydroxylation sites is 1. The van der Waals surface area contributed by atoms with Gasteiger partial charge in [-0.2, -0.15) is 0 Å². The highest BCUT2D eigenvalue weighted by molar-refractivity contribution is 7.89. The van der Waals surface area contributed by atoms with E-state index in [1.807, 2.05) is 32.0 Å². The van der Waals surface area contributed by atoms with Gasteiger partial charge < -0.3 is 9.47 Å². The summed E-state index contributed by atoms with van der Waals surface area (Å²) in [5.41, 5.74) is 4.40. The fraction of sp³-hybridized carbons (Fsp3) is 0.286. The number of aromatic nitrogens is 2. The predicted molar refractivity (Wildman–Crippen MR) is 143 cm³/mol. The molecule has 8 nitrogen and oxygen atoms in total. The van der Waals surface area contributed by atoms with Crippen LogP contribution in [0.15, 0.2) is 70.4 Å². The van der Waals surface area contributed by atoms with Crippen LogP contribution in [-0.2, 0) is 32.7 Å².